The summed E-state index contributed by atoms with van der Waals surface area (Å²) in [5, 5.41) is 1.16. The van der Waals surface area contributed by atoms with Crippen LogP contribution in [-0.4, -0.2) is 42.7 Å². The molecule has 3 saturated heterocycles. The predicted octanol–water partition coefficient (Wildman–Crippen LogP) is 4.61. The van der Waals surface area contributed by atoms with E-state index in [1.807, 2.05) is 12.3 Å². The van der Waals surface area contributed by atoms with E-state index in [2.05, 4.69) is 40.7 Å². The van der Waals surface area contributed by atoms with Crippen LogP contribution in [0.4, 0.5) is 0 Å². The second-order valence-electron chi connectivity index (χ2n) is 8.73. The Hall–Kier alpha value is -1.91. The van der Waals surface area contributed by atoms with Crippen molar-refractivity contribution in [2.45, 2.75) is 37.8 Å². The van der Waals surface area contributed by atoms with Crippen LogP contribution in [0.15, 0.2) is 43.1 Å². The fraction of sp³-hybridized carbons (Fsp3) is 0.542. The van der Waals surface area contributed by atoms with Gasteiger partial charge in [0.05, 0.1) is 25.3 Å². The van der Waals surface area contributed by atoms with E-state index in [0.29, 0.717) is 12.0 Å². The third-order valence-corrected chi connectivity index (χ3v) is 7.00. The van der Waals surface area contributed by atoms with Gasteiger partial charge in [0.1, 0.15) is 5.75 Å². The zero-order valence-corrected chi connectivity index (χ0v) is 16.7. The summed E-state index contributed by atoms with van der Waals surface area (Å²) in [5.74, 6) is 2.99. The highest BCUT2D eigenvalue weighted by Gasteiger charge is 2.43. The van der Waals surface area contributed by atoms with Gasteiger partial charge in [-0.2, -0.15) is 0 Å². The highest BCUT2D eigenvalue weighted by Crippen LogP contribution is 2.44. The molecule has 148 valence electrons. The molecule has 1 aromatic heterocycles. The largest absolute Gasteiger partial charge is 0.497 e. The molecule has 0 radical (unpaired) electrons. The summed E-state index contributed by atoms with van der Waals surface area (Å²) in [6.07, 6.45) is 9.29. The summed E-state index contributed by atoms with van der Waals surface area (Å²) in [5.41, 5.74) is 2.27. The quantitative estimate of drug-likeness (QED) is 0.659. The first-order chi connectivity index (χ1) is 13.8. The Morgan fingerprint density at radius 3 is 2.89 bits per heavy atom. The SMILES string of the molecule is C=C[C@H]1CN2CC[C@H]1C[C@H]2[C@H](OCC1CC1)c1ccnc2ccc(OC)cc12. The van der Waals surface area contributed by atoms with Crippen molar-refractivity contribution < 1.29 is 9.47 Å². The number of fused-ring (bicyclic) bond motifs is 4. The zero-order valence-electron chi connectivity index (χ0n) is 16.7. The molecule has 0 N–H and O–H groups in total. The number of ether oxygens (including phenoxy) is 2. The number of hydrogen-bond donors (Lipinski definition) is 0. The highest BCUT2D eigenvalue weighted by atomic mass is 16.5. The maximum atomic E-state index is 6.66. The zero-order chi connectivity index (χ0) is 19.1. The fourth-order valence-corrected chi connectivity index (χ4v) is 5.15. The molecule has 1 unspecified atom stereocenters. The first kappa shape index (κ1) is 18.1. The topological polar surface area (TPSA) is 34.6 Å². The minimum absolute atomic E-state index is 0.0896. The lowest BCUT2D eigenvalue weighted by atomic mass is 9.73. The maximum absolute atomic E-state index is 6.66. The third-order valence-electron chi connectivity index (χ3n) is 7.00. The summed E-state index contributed by atoms with van der Waals surface area (Å²) in [6, 6.07) is 8.75. The number of piperidine rings is 3. The van der Waals surface area contributed by atoms with Gasteiger partial charge in [0.2, 0.25) is 0 Å². The van der Waals surface area contributed by atoms with Gasteiger partial charge >= 0.3 is 0 Å². The van der Waals surface area contributed by atoms with Gasteiger partial charge in [-0.3, -0.25) is 9.88 Å². The smallest absolute Gasteiger partial charge is 0.119 e. The van der Waals surface area contributed by atoms with E-state index in [1.165, 1.54) is 37.8 Å². The Labute approximate surface area is 167 Å². The lowest BCUT2D eigenvalue weighted by Crippen LogP contribution is -2.55. The molecule has 4 heteroatoms. The molecular weight excluding hydrogens is 348 g/mol. The van der Waals surface area contributed by atoms with Crippen LogP contribution in [0.3, 0.4) is 0 Å². The molecule has 4 nitrogen and oxygen atoms in total. The minimum atomic E-state index is 0.0896. The van der Waals surface area contributed by atoms with Gasteiger partial charge in [-0.1, -0.05) is 6.08 Å². The summed E-state index contributed by atoms with van der Waals surface area (Å²) in [6.45, 7) is 7.25. The van der Waals surface area contributed by atoms with E-state index < -0.39 is 0 Å². The minimum Gasteiger partial charge on any atom is -0.497 e. The van der Waals surface area contributed by atoms with E-state index in [-0.39, 0.29) is 6.10 Å². The van der Waals surface area contributed by atoms with Crippen molar-refractivity contribution >= 4 is 10.9 Å². The molecule has 6 rings (SSSR count). The van der Waals surface area contributed by atoms with Crippen LogP contribution in [0, 0.1) is 17.8 Å². The van der Waals surface area contributed by atoms with Crippen LogP contribution in [-0.2, 0) is 4.74 Å². The van der Waals surface area contributed by atoms with Crippen LogP contribution in [0.2, 0.25) is 0 Å². The Bertz CT molecular complexity index is 863. The monoisotopic (exact) mass is 378 g/mol. The average Bonchev–Trinajstić information content (AvgIpc) is 3.58. The Morgan fingerprint density at radius 1 is 1.29 bits per heavy atom. The van der Waals surface area contributed by atoms with Crippen LogP contribution in [0.1, 0.15) is 37.4 Å². The molecule has 2 bridgehead atoms. The molecule has 0 spiro atoms. The molecule has 0 amide bonds. The van der Waals surface area contributed by atoms with Gasteiger partial charge in [0.25, 0.3) is 0 Å². The van der Waals surface area contributed by atoms with Crippen molar-refractivity contribution in [3.63, 3.8) is 0 Å². The molecular formula is C24H30N2O2. The molecule has 2 aromatic rings. The van der Waals surface area contributed by atoms with Crippen molar-refractivity contribution in [1.29, 1.82) is 0 Å². The first-order valence-corrected chi connectivity index (χ1v) is 10.7. The van der Waals surface area contributed by atoms with Gasteiger partial charge in [0.15, 0.2) is 0 Å². The number of aromatic nitrogens is 1. The maximum Gasteiger partial charge on any atom is 0.119 e. The van der Waals surface area contributed by atoms with Crippen molar-refractivity contribution in [2.24, 2.45) is 17.8 Å². The highest BCUT2D eigenvalue weighted by molar-refractivity contribution is 5.84. The number of hydrogen-bond acceptors (Lipinski definition) is 4. The van der Waals surface area contributed by atoms with Gasteiger partial charge in [-0.15, -0.1) is 6.58 Å². The molecule has 4 aliphatic rings. The van der Waals surface area contributed by atoms with E-state index in [0.717, 1.165) is 41.6 Å². The number of nitrogens with zero attached hydrogens (tertiary/aromatic N) is 2. The summed E-state index contributed by atoms with van der Waals surface area (Å²) in [4.78, 5) is 7.24. The molecule has 4 fully saturated rings. The van der Waals surface area contributed by atoms with Gasteiger partial charge < -0.3 is 9.47 Å². The summed E-state index contributed by atoms with van der Waals surface area (Å²) < 4.78 is 12.2. The van der Waals surface area contributed by atoms with E-state index in [1.54, 1.807) is 7.11 Å². The van der Waals surface area contributed by atoms with Crippen molar-refractivity contribution in [1.82, 2.24) is 9.88 Å². The number of methoxy groups -OCH3 is 1. The number of rotatable bonds is 7. The molecule has 4 heterocycles. The van der Waals surface area contributed by atoms with E-state index >= 15 is 0 Å². The first-order valence-electron chi connectivity index (χ1n) is 10.7. The third kappa shape index (κ3) is 3.33. The molecule has 5 atom stereocenters. The summed E-state index contributed by atoms with van der Waals surface area (Å²) in [7, 11) is 1.72. The second kappa shape index (κ2) is 7.49. The summed E-state index contributed by atoms with van der Waals surface area (Å²) >= 11 is 0. The standard InChI is InChI=1S/C24H30N2O2/c1-3-17-14-26-11-9-18(17)12-23(26)24(28-15-16-4-5-16)20-8-10-25-22-7-6-19(27-2)13-21(20)22/h3,6-8,10,13,16-18,23-24H,1,4-5,9,11-12,14-15H2,2H3/t17-,18-,23-,24+/m0/s1. The molecule has 1 saturated carbocycles. The van der Waals surface area contributed by atoms with Gasteiger partial charge in [-0.25, -0.2) is 0 Å². The van der Waals surface area contributed by atoms with Crippen molar-refractivity contribution in [3.8, 4) is 5.75 Å². The van der Waals surface area contributed by atoms with Crippen LogP contribution < -0.4 is 4.74 Å². The Kier molecular flexibility index (Phi) is 4.85. The molecule has 1 aliphatic carbocycles. The fourth-order valence-electron chi connectivity index (χ4n) is 5.15. The second-order valence-corrected chi connectivity index (χ2v) is 8.73. The predicted molar refractivity (Wildman–Crippen MR) is 111 cm³/mol. The van der Waals surface area contributed by atoms with Crippen LogP contribution in [0.25, 0.3) is 10.9 Å². The molecule has 28 heavy (non-hydrogen) atoms. The average molecular weight is 379 g/mol. The Morgan fingerprint density at radius 2 is 2.18 bits per heavy atom. The van der Waals surface area contributed by atoms with E-state index in [9.17, 15) is 0 Å². The van der Waals surface area contributed by atoms with E-state index in [4.69, 9.17) is 9.47 Å². The normalized spacial score (nSPS) is 30.3. The van der Waals surface area contributed by atoms with Crippen molar-refractivity contribution in [2.75, 3.05) is 26.8 Å². The van der Waals surface area contributed by atoms with Gasteiger partial charge in [0, 0.05) is 24.2 Å². The number of benzene rings is 1. The van der Waals surface area contributed by atoms with Crippen molar-refractivity contribution in [3.05, 3.63) is 48.7 Å². The number of pyridine rings is 1. The van der Waals surface area contributed by atoms with Crippen LogP contribution in [0.5, 0.6) is 5.75 Å². The van der Waals surface area contributed by atoms with Crippen LogP contribution >= 0.6 is 0 Å². The van der Waals surface area contributed by atoms with Gasteiger partial charge in [-0.05, 0) is 79.8 Å². The lowest BCUT2D eigenvalue weighted by Gasteiger charge is -2.51. The molecule has 3 aliphatic heterocycles. The lowest BCUT2D eigenvalue weighted by molar-refractivity contribution is -0.0770. The Balaban J connectivity index is 1.52. The molecule has 1 aromatic carbocycles.